The van der Waals surface area contributed by atoms with Crippen LogP contribution in [0, 0.1) is 0 Å². The van der Waals surface area contributed by atoms with Crippen molar-refractivity contribution >= 4 is 128 Å². The van der Waals surface area contributed by atoms with Crippen molar-refractivity contribution in [2.24, 2.45) is 0 Å². The van der Waals surface area contributed by atoms with Gasteiger partial charge >= 0.3 is 0 Å². The van der Waals surface area contributed by atoms with Crippen LogP contribution < -0.4 is 0 Å². The third-order valence-electron chi connectivity index (χ3n) is 18.2. The Labute approximate surface area is 505 Å². The average molecular weight is 1120 g/mol. The second kappa shape index (κ2) is 19.6. The maximum absolute atomic E-state index is 2.44. The van der Waals surface area contributed by atoms with E-state index in [1.807, 2.05) is 22.7 Å². The number of benzene rings is 16. The molecular weight excluding hydrogens is 1070 g/mol. The molecule has 0 amide bonds. The van der Waals surface area contributed by atoms with Crippen LogP contribution in [0.5, 0.6) is 0 Å². The van der Waals surface area contributed by atoms with Gasteiger partial charge in [-0.05, 0) is 197 Å². The smallest absolute Gasteiger partial charge is 0.0361 e. The van der Waals surface area contributed by atoms with Gasteiger partial charge in [-0.3, -0.25) is 0 Å². The van der Waals surface area contributed by atoms with Crippen LogP contribution in [0.15, 0.2) is 303 Å². The highest BCUT2D eigenvalue weighted by atomic mass is 32.1. The van der Waals surface area contributed by atoms with E-state index in [-0.39, 0.29) is 0 Å². The van der Waals surface area contributed by atoms with Gasteiger partial charge in [-0.25, -0.2) is 0 Å². The molecule has 0 saturated heterocycles. The first-order chi connectivity index (χ1) is 42.6. The quantitative estimate of drug-likeness (QED) is 0.140. The summed E-state index contributed by atoms with van der Waals surface area (Å²) >= 11 is 3.79. The van der Waals surface area contributed by atoms with E-state index in [0.717, 1.165) is 0 Å². The molecule has 0 aliphatic rings. The molecule has 16 aromatic carbocycles. The lowest BCUT2D eigenvalue weighted by Gasteiger charge is -2.20. The Hall–Kier alpha value is -10.5. The summed E-state index contributed by atoms with van der Waals surface area (Å²) in [5, 5.41) is 20.3. The molecule has 0 unspecified atom stereocenters. The van der Waals surface area contributed by atoms with E-state index in [1.54, 1.807) is 0 Å². The molecule has 0 nitrogen and oxygen atoms in total. The zero-order chi connectivity index (χ0) is 56.4. The van der Waals surface area contributed by atoms with E-state index in [0.29, 0.717) is 0 Å². The summed E-state index contributed by atoms with van der Waals surface area (Å²) in [5.74, 6) is 0. The SMILES string of the molecule is c1ccc(-c2cccc(-c3c4ccccc4c(-c4ccc5c(c4)sc4cc6ccc(-c7ccc(-c8c9ccccc9c(-c9ccc%10c(c9)sc9cc%11ccccc%11cc9%10)c9ccccc89)c(-c8ccccc8)c7)cc6cc45)c4ccccc34)c2)cc1. The average Bonchev–Trinajstić information content (AvgIpc) is 1.57. The highest BCUT2D eigenvalue weighted by Crippen LogP contribution is 2.50. The minimum atomic E-state index is 1.19. The van der Waals surface area contributed by atoms with Gasteiger partial charge in [-0.1, -0.05) is 249 Å². The summed E-state index contributed by atoms with van der Waals surface area (Å²) in [6.45, 7) is 0. The Kier molecular flexibility index (Phi) is 11.1. The Morgan fingerprint density at radius 3 is 1.05 bits per heavy atom. The maximum atomic E-state index is 2.44. The van der Waals surface area contributed by atoms with Crippen molar-refractivity contribution in [1.29, 1.82) is 0 Å². The monoisotopic (exact) mass is 1120 g/mol. The first-order valence-corrected chi connectivity index (χ1v) is 31.2. The van der Waals surface area contributed by atoms with E-state index in [1.165, 1.54) is 183 Å². The van der Waals surface area contributed by atoms with E-state index < -0.39 is 0 Å². The van der Waals surface area contributed by atoms with Crippen molar-refractivity contribution in [1.82, 2.24) is 0 Å². The van der Waals surface area contributed by atoms with E-state index >= 15 is 0 Å². The van der Waals surface area contributed by atoms with Gasteiger partial charge in [0.05, 0.1) is 0 Å². The van der Waals surface area contributed by atoms with Crippen LogP contribution in [0.3, 0.4) is 0 Å². The third kappa shape index (κ3) is 7.81. The molecule has 0 N–H and O–H groups in total. The lowest BCUT2D eigenvalue weighted by molar-refractivity contribution is 1.59. The second-order valence-electron chi connectivity index (χ2n) is 23.0. The summed E-state index contributed by atoms with van der Waals surface area (Å²) < 4.78 is 5.23. The standard InChI is InChI=1S/C84H50S2/c1-3-18-51(19-4-1)53-24-17-25-59(42-53)81-65-26-9-11-28-67(65)82(68-29-12-10-27-66(68)81)60-38-40-64-76-46-62-43-56(34-35-58(62)48-80(76)86-78(64)49-60)57-36-41-73(74(44-57)52-20-5-2-6-21-52)84-71-32-15-13-30-69(71)83(70-31-14-16-33-72(70)84)61-37-39-63-75-45-54-22-7-8-23-55(54)47-79(75)85-77(63)50-61/h1-50H. The van der Waals surface area contributed by atoms with E-state index in [9.17, 15) is 0 Å². The van der Waals surface area contributed by atoms with Crippen molar-refractivity contribution in [3.63, 3.8) is 0 Å². The van der Waals surface area contributed by atoms with Gasteiger partial charge in [-0.2, -0.15) is 0 Å². The molecule has 0 radical (unpaired) electrons. The van der Waals surface area contributed by atoms with Gasteiger partial charge in [0, 0.05) is 40.3 Å². The Morgan fingerprint density at radius 1 is 0.151 bits per heavy atom. The zero-order valence-corrected chi connectivity index (χ0v) is 48.3. The van der Waals surface area contributed by atoms with Crippen LogP contribution in [0.25, 0.3) is 183 Å². The highest BCUT2D eigenvalue weighted by Gasteiger charge is 2.22. The van der Waals surface area contributed by atoms with E-state index in [4.69, 9.17) is 0 Å². The molecule has 0 atom stereocenters. The molecule has 2 heterocycles. The molecule has 2 heteroatoms. The summed E-state index contributed by atoms with van der Waals surface area (Å²) in [5.41, 5.74) is 17.3. The van der Waals surface area contributed by atoms with Crippen LogP contribution in [0.4, 0.5) is 0 Å². The Bertz CT molecular complexity index is 5710. The van der Waals surface area contributed by atoms with Gasteiger partial charge in [-0.15, -0.1) is 22.7 Å². The fourth-order valence-electron chi connectivity index (χ4n) is 14.2. The molecule has 0 fully saturated rings. The topological polar surface area (TPSA) is 0 Å². The van der Waals surface area contributed by atoms with E-state index in [2.05, 4.69) is 303 Å². The fraction of sp³-hybridized carbons (Fsp3) is 0. The van der Waals surface area contributed by atoms with Crippen molar-refractivity contribution < 1.29 is 0 Å². The summed E-state index contributed by atoms with van der Waals surface area (Å²) in [7, 11) is 0. The predicted octanol–water partition coefficient (Wildman–Crippen LogP) is 25.0. The molecule has 398 valence electrons. The second-order valence-corrected chi connectivity index (χ2v) is 25.2. The van der Waals surface area contributed by atoms with Gasteiger partial charge in [0.25, 0.3) is 0 Å². The van der Waals surface area contributed by atoms with Gasteiger partial charge in [0.15, 0.2) is 0 Å². The summed E-state index contributed by atoms with van der Waals surface area (Å²) in [6.07, 6.45) is 0. The van der Waals surface area contributed by atoms with Crippen LogP contribution in [0.1, 0.15) is 0 Å². The number of hydrogen-bond donors (Lipinski definition) is 0. The molecule has 18 aromatic rings. The minimum absolute atomic E-state index is 1.19. The molecule has 0 aliphatic carbocycles. The Balaban J connectivity index is 0.745. The maximum Gasteiger partial charge on any atom is 0.0361 e. The van der Waals surface area contributed by atoms with Gasteiger partial charge in [0.2, 0.25) is 0 Å². The first-order valence-electron chi connectivity index (χ1n) is 29.6. The summed E-state index contributed by atoms with van der Waals surface area (Å²) in [4.78, 5) is 0. The first kappa shape index (κ1) is 49.0. The zero-order valence-electron chi connectivity index (χ0n) is 46.7. The predicted molar refractivity (Wildman–Crippen MR) is 375 cm³/mol. The third-order valence-corrected chi connectivity index (χ3v) is 20.4. The summed E-state index contributed by atoms with van der Waals surface area (Å²) in [6, 6.07) is 114. The molecule has 0 spiro atoms. The van der Waals surface area contributed by atoms with Crippen molar-refractivity contribution in [2.75, 3.05) is 0 Å². The minimum Gasteiger partial charge on any atom is -0.135 e. The largest absolute Gasteiger partial charge is 0.135 e. The van der Waals surface area contributed by atoms with Crippen molar-refractivity contribution in [3.05, 3.63) is 303 Å². The molecule has 0 bridgehead atoms. The lowest BCUT2D eigenvalue weighted by Crippen LogP contribution is -1.93. The Morgan fingerprint density at radius 2 is 0.512 bits per heavy atom. The normalized spacial score (nSPS) is 12.0. The molecule has 0 saturated carbocycles. The van der Waals surface area contributed by atoms with Crippen LogP contribution in [-0.4, -0.2) is 0 Å². The van der Waals surface area contributed by atoms with Crippen LogP contribution in [0.2, 0.25) is 0 Å². The van der Waals surface area contributed by atoms with Crippen LogP contribution >= 0.6 is 22.7 Å². The molecular formula is C84H50S2. The number of rotatable bonds is 7. The number of hydrogen-bond acceptors (Lipinski definition) is 2. The van der Waals surface area contributed by atoms with Gasteiger partial charge < -0.3 is 0 Å². The number of fused-ring (bicyclic) bond motifs is 12. The van der Waals surface area contributed by atoms with Crippen molar-refractivity contribution in [3.8, 4) is 77.9 Å². The highest BCUT2D eigenvalue weighted by molar-refractivity contribution is 7.26. The fourth-order valence-corrected chi connectivity index (χ4v) is 16.6. The van der Waals surface area contributed by atoms with Crippen LogP contribution in [-0.2, 0) is 0 Å². The van der Waals surface area contributed by atoms with Gasteiger partial charge in [0.1, 0.15) is 0 Å². The van der Waals surface area contributed by atoms with Crippen molar-refractivity contribution in [2.45, 2.75) is 0 Å². The molecule has 86 heavy (non-hydrogen) atoms. The number of thiophene rings is 2. The molecule has 18 rings (SSSR count). The molecule has 2 aromatic heterocycles. The molecule has 0 aliphatic heterocycles. The lowest BCUT2D eigenvalue weighted by atomic mass is 9.83.